The first kappa shape index (κ1) is 21.2. The van der Waals surface area contributed by atoms with Crippen molar-refractivity contribution in [2.45, 2.75) is 39.0 Å². The number of benzene rings is 2. The SMILES string of the molecule is CCCCCCCOc1ccc(/C=C/C(=O)Oc2ccc([N+](=O)[O-])cc2)cc1. The van der Waals surface area contributed by atoms with Crippen LogP contribution in [0.1, 0.15) is 44.6 Å². The normalized spacial score (nSPS) is 10.8. The first-order valence-corrected chi connectivity index (χ1v) is 9.45. The zero-order valence-electron chi connectivity index (χ0n) is 16.0. The lowest BCUT2D eigenvalue weighted by Gasteiger charge is -2.06. The minimum atomic E-state index is -0.554. The van der Waals surface area contributed by atoms with Gasteiger partial charge in [0.05, 0.1) is 11.5 Å². The first-order chi connectivity index (χ1) is 13.6. The van der Waals surface area contributed by atoms with Gasteiger partial charge in [-0.25, -0.2) is 4.79 Å². The predicted octanol–water partition coefficient (Wildman–Crippen LogP) is 5.56. The molecule has 148 valence electrons. The lowest BCUT2D eigenvalue weighted by Crippen LogP contribution is -2.03. The summed E-state index contributed by atoms with van der Waals surface area (Å²) in [7, 11) is 0. The van der Waals surface area contributed by atoms with E-state index in [0.717, 1.165) is 17.7 Å². The average molecular weight is 383 g/mol. The highest BCUT2D eigenvalue weighted by Gasteiger charge is 2.06. The van der Waals surface area contributed by atoms with Gasteiger partial charge in [-0.2, -0.15) is 0 Å². The maximum atomic E-state index is 11.9. The van der Waals surface area contributed by atoms with Crippen molar-refractivity contribution >= 4 is 17.7 Å². The quantitative estimate of drug-likeness (QED) is 0.127. The molecule has 2 aromatic rings. The monoisotopic (exact) mass is 383 g/mol. The molecule has 0 aliphatic heterocycles. The maximum absolute atomic E-state index is 11.9. The van der Waals surface area contributed by atoms with E-state index in [1.54, 1.807) is 6.08 Å². The van der Waals surface area contributed by atoms with Crippen molar-refractivity contribution in [3.8, 4) is 11.5 Å². The lowest BCUT2D eigenvalue weighted by molar-refractivity contribution is -0.384. The molecule has 0 fully saturated rings. The van der Waals surface area contributed by atoms with Gasteiger partial charge >= 0.3 is 5.97 Å². The van der Waals surface area contributed by atoms with Gasteiger partial charge in [-0.05, 0) is 42.3 Å². The third-order valence-corrected chi connectivity index (χ3v) is 4.07. The summed E-state index contributed by atoms with van der Waals surface area (Å²) in [6.07, 6.45) is 8.94. The molecule has 0 aromatic heterocycles. The van der Waals surface area contributed by atoms with E-state index in [0.29, 0.717) is 6.61 Å². The number of esters is 1. The smallest absolute Gasteiger partial charge is 0.336 e. The number of nitro benzene ring substituents is 1. The highest BCUT2D eigenvalue weighted by atomic mass is 16.6. The standard InChI is InChI=1S/C22H25NO5/c1-2-3-4-5-6-17-27-20-12-7-18(8-13-20)9-16-22(24)28-21-14-10-19(11-15-21)23(25)26/h7-16H,2-6,17H2,1H3/b16-9+. The molecule has 2 aromatic carbocycles. The molecular weight excluding hydrogens is 358 g/mol. The third kappa shape index (κ3) is 7.61. The van der Waals surface area contributed by atoms with E-state index < -0.39 is 10.9 Å². The van der Waals surface area contributed by atoms with Crippen LogP contribution < -0.4 is 9.47 Å². The molecular formula is C22H25NO5. The number of ether oxygens (including phenoxy) is 2. The topological polar surface area (TPSA) is 78.7 Å². The molecule has 0 aliphatic carbocycles. The molecule has 0 saturated heterocycles. The molecule has 0 atom stereocenters. The molecule has 0 radical (unpaired) electrons. The fourth-order valence-corrected chi connectivity index (χ4v) is 2.52. The molecule has 28 heavy (non-hydrogen) atoms. The predicted molar refractivity (Wildman–Crippen MR) is 108 cm³/mol. The minimum Gasteiger partial charge on any atom is -0.494 e. The Kier molecular flexibility index (Phi) is 8.72. The number of nitro groups is 1. The average Bonchev–Trinajstić information content (AvgIpc) is 2.70. The second-order valence-electron chi connectivity index (χ2n) is 6.34. The van der Waals surface area contributed by atoms with Gasteiger partial charge in [-0.3, -0.25) is 10.1 Å². The zero-order valence-corrected chi connectivity index (χ0v) is 16.0. The fraction of sp³-hybridized carbons (Fsp3) is 0.318. The van der Waals surface area contributed by atoms with E-state index >= 15 is 0 Å². The summed E-state index contributed by atoms with van der Waals surface area (Å²) >= 11 is 0. The Morgan fingerprint density at radius 3 is 2.25 bits per heavy atom. The number of rotatable bonds is 11. The zero-order chi connectivity index (χ0) is 20.2. The molecule has 0 N–H and O–H groups in total. The first-order valence-electron chi connectivity index (χ1n) is 9.45. The van der Waals surface area contributed by atoms with Crippen molar-refractivity contribution in [1.82, 2.24) is 0 Å². The summed E-state index contributed by atoms with van der Waals surface area (Å²) in [4.78, 5) is 22.0. The van der Waals surface area contributed by atoms with Gasteiger partial charge in [0.15, 0.2) is 0 Å². The van der Waals surface area contributed by atoms with Crippen LogP contribution in [0.25, 0.3) is 6.08 Å². The van der Waals surface area contributed by atoms with E-state index in [9.17, 15) is 14.9 Å². The Hall–Kier alpha value is -3.15. The molecule has 0 aliphatic rings. The maximum Gasteiger partial charge on any atom is 0.336 e. The second kappa shape index (κ2) is 11.5. The van der Waals surface area contributed by atoms with Crippen molar-refractivity contribution in [3.63, 3.8) is 0 Å². The van der Waals surface area contributed by atoms with Crippen molar-refractivity contribution in [2.24, 2.45) is 0 Å². The highest BCUT2D eigenvalue weighted by Crippen LogP contribution is 2.18. The molecule has 0 saturated carbocycles. The minimum absolute atomic E-state index is 0.0568. The Morgan fingerprint density at radius 2 is 1.61 bits per heavy atom. The van der Waals surface area contributed by atoms with E-state index in [1.807, 2.05) is 24.3 Å². The molecule has 0 spiro atoms. The molecule has 0 bridgehead atoms. The van der Waals surface area contributed by atoms with Gasteiger partial charge in [0.25, 0.3) is 5.69 Å². The van der Waals surface area contributed by atoms with Crippen LogP contribution in [0.2, 0.25) is 0 Å². The van der Waals surface area contributed by atoms with Crippen LogP contribution in [0.3, 0.4) is 0 Å². The van der Waals surface area contributed by atoms with E-state index in [4.69, 9.17) is 9.47 Å². The molecule has 0 heterocycles. The molecule has 6 nitrogen and oxygen atoms in total. The number of nitrogens with zero attached hydrogens (tertiary/aromatic N) is 1. The molecule has 0 unspecified atom stereocenters. The number of carbonyl (C=O) groups is 1. The highest BCUT2D eigenvalue weighted by molar-refractivity contribution is 5.88. The number of hydrogen-bond donors (Lipinski definition) is 0. The largest absolute Gasteiger partial charge is 0.494 e. The van der Waals surface area contributed by atoms with Crippen LogP contribution in [0, 0.1) is 10.1 Å². The van der Waals surface area contributed by atoms with Crippen LogP contribution in [0.5, 0.6) is 11.5 Å². The van der Waals surface area contributed by atoms with Gasteiger partial charge in [0.2, 0.25) is 0 Å². The fourth-order valence-electron chi connectivity index (χ4n) is 2.52. The molecule has 6 heteroatoms. The number of carbonyl (C=O) groups excluding carboxylic acids is 1. The van der Waals surface area contributed by atoms with Crippen LogP contribution in [0.4, 0.5) is 5.69 Å². The Labute approximate surface area is 164 Å². The van der Waals surface area contributed by atoms with Crippen LogP contribution in [-0.2, 0) is 4.79 Å². The van der Waals surface area contributed by atoms with Crippen LogP contribution >= 0.6 is 0 Å². The molecule has 0 amide bonds. The number of unbranched alkanes of at least 4 members (excludes halogenated alkanes) is 4. The third-order valence-electron chi connectivity index (χ3n) is 4.07. The summed E-state index contributed by atoms with van der Waals surface area (Å²) in [6, 6.07) is 12.8. The van der Waals surface area contributed by atoms with Crippen molar-refractivity contribution in [3.05, 3.63) is 70.3 Å². The van der Waals surface area contributed by atoms with Gasteiger partial charge in [-0.1, -0.05) is 44.7 Å². The van der Waals surface area contributed by atoms with E-state index in [1.165, 1.54) is 56.0 Å². The van der Waals surface area contributed by atoms with E-state index in [-0.39, 0.29) is 11.4 Å². The van der Waals surface area contributed by atoms with Crippen molar-refractivity contribution in [2.75, 3.05) is 6.61 Å². The summed E-state index contributed by atoms with van der Waals surface area (Å²) in [5, 5.41) is 10.6. The van der Waals surface area contributed by atoms with Crippen molar-refractivity contribution in [1.29, 1.82) is 0 Å². The summed E-state index contributed by atoms with van der Waals surface area (Å²) < 4.78 is 10.8. The lowest BCUT2D eigenvalue weighted by atomic mass is 10.2. The van der Waals surface area contributed by atoms with Crippen molar-refractivity contribution < 1.29 is 19.2 Å². The Morgan fingerprint density at radius 1 is 0.964 bits per heavy atom. The van der Waals surface area contributed by atoms with E-state index in [2.05, 4.69) is 6.92 Å². The Balaban J connectivity index is 1.76. The number of non-ortho nitro benzene ring substituents is 1. The van der Waals surface area contributed by atoms with Gasteiger partial charge < -0.3 is 9.47 Å². The van der Waals surface area contributed by atoms with Gasteiger partial charge in [0.1, 0.15) is 11.5 Å². The second-order valence-corrected chi connectivity index (χ2v) is 6.34. The summed E-state index contributed by atoms with van der Waals surface area (Å²) in [5.41, 5.74) is 0.787. The molecule has 2 rings (SSSR count). The summed E-state index contributed by atoms with van der Waals surface area (Å²) in [5.74, 6) is 0.505. The summed E-state index contributed by atoms with van der Waals surface area (Å²) in [6.45, 7) is 2.91. The van der Waals surface area contributed by atoms with Gasteiger partial charge in [-0.15, -0.1) is 0 Å². The van der Waals surface area contributed by atoms with Crippen LogP contribution in [0.15, 0.2) is 54.6 Å². The van der Waals surface area contributed by atoms with Crippen LogP contribution in [-0.4, -0.2) is 17.5 Å². The number of hydrogen-bond acceptors (Lipinski definition) is 5. The van der Waals surface area contributed by atoms with Gasteiger partial charge in [0, 0.05) is 18.2 Å². The Bertz CT molecular complexity index is 782.